The number of aromatic nitrogens is 5. The minimum Gasteiger partial charge on any atom is -0.469 e. The highest BCUT2D eigenvalue weighted by molar-refractivity contribution is 6.42. The van der Waals surface area contributed by atoms with Gasteiger partial charge in [0.2, 0.25) is 11.6 Å². The molecule has 0 saturated carbocycles. The van der Waals surface area contributed by atoms with E-state index >= 15 is 0 Å². The molecule has 0 atom stereocenters. The first-order valence-electron chi connectivity index (χ1n) is 6.48. The highest BCUT2D eigenvalue weighted by Gasteiger charge is 2.22. The van der Waals surface area contributed by atoms with Crippen LogP contribution in [0.4, 0.5) is 0 Å². The van der Waals surface area contributed by atoms with Gasteiger partial charge >= 0.3 is 0 Å². The highest BCUT2D eigenvalue weighted by Crippen LogP contribution is 2.14. The van der Waals surface area contributed by atoms with Gasteiger partial charge in [0.1, 0.15) is 5.76 Å². The maximum atomic E-state index is 11.8. The van der Waals surface area contributed by atoms with Crippen LogP contribution in [0.2, 0.25) is 0 Å². The third kappa shape index (κ3) is 3.11. The fraction of sp³-hybridized carbons (Fsp3) is 0.143. The van der Waals surface area contributed by atoms with E-state index in [-0.39, 0.29) is 12.2 Å². The number of H-pyrrole nitrogens is 1. The van der Waals surface area contributed by atoms with Crippen LogP contribution in [0, 0.1) is 0 Å². The van der Waals surface area contributed by atoms with Crippen LogP contribution in [0.15, 0.2) is 41.3 Å². The standard InChI is InChI=1S/C14H11N5O3/c20-12(13(21)14-16-18-19-17-14)7-11-6-10(8-22-11)5-9-1-3-15-4-2-9/h1-4,6,8H,5,7H2,(H,16,17,18,19). The molecule has 3 rings (SSSR count). The highest BCUT2D eigenvalue weighted by atomic mass is 16.3. The molecule has 0 saturated heterocycles. The molecule has 0 aromatic carbocycles. The monoisotopic (exact) mass is 297 g/mol. The number of hydrogen-bond acceptors (Lipinski definition) is 7. The number of Topliss-reactive ketones (excluding diaryl/α,β-unsaturated/α-hetero) is 2. The summed E-state index contributed by atoms with van der Waals surface area (Å²) in [5.41, 5.74) is 2.00. The predicted molar refractivity (Wildman–Crippen MR) is 73.0 cm³/mol. The van der Waals surface area contributed by atoms with E-state index in [9.17, 15) is 9.59 Å². The lowest BCUT2D eigenvalue weighted by molar-refractivity contribution is -0.114. The molecule has 1 N–H and O–H groups in total. The molecule has 0 bridgehead atoms. The van der Waals surface area contributed by atoms with Gasteiger partial charge in [-0.3, -0.25) is 14.6 Å². The third-order valence-electron chi connectivity index (χ3n) is 3.00. The van der Waals surface area contributed by atoms with Crippen LogP contribution in [0.25, 0.3) is 0 Å². The van der Waals surface area contributed by atoms with Crippen molar-refractivity contribution in [2.45, 2.75) is 12.8 Å². The molecule has 3 heterocycles. The minimum absolute atomic E-state index is 0.135. The molecule has 0 fully saturated rings. The van der Waals surface area contributed by atoms with E-state index in [0.29, 0.717) is 12.2 Å². The van der Waals surface area contributed by atoms with Crippen molar-refractivity contribution in [2.24, 2.45) is 0 Å². The Bertz CT molecular complexity index is 780. The van der Waals surface area contributed by atoms with Gasteiger partial charge in [0, 0.05) is 18.8 Å². The van der Waals surface area contributed by atoms with Crippen molar-refractivity contribution >= 4 is 11.6 Å². The van der Waals surface area contributed by atoms with Crippen molar-refractivity contribution in [3.05, 3.63) is 59.6 Å². The van der Waals surface area contributed by atoms with Crippen LogP contribution in [0.5, 0.6) is 0 Å². The number of nitrogens with one attached hydrogen (secondary N) is 1. The Morgan fingerprint density at radius 1 is 1.18 bits per heavy atom. The predicted octanol–water partition coefficient (Wildman–Crippen LogP) is 0.773. The lowest BCUT2D eigenvalue weighted by Crippen LogP contribution is -2.18. The van der Waals surface area contributed by atoms with Crippen molar-refractivity contribution in [3.63, 3.8) is 0 Å². The van der Waals surface area contributed by atoms with Crippen molar-refractivity contribution in [1.82, 2.24) is 25.6 Å². The summed E-state index contributed by atoms with van der Waals surface area (Å²) in [5.74, 6) is -1.26. The number of nitrogens with zero attached hydrogens (tertiary/aromatic N) is 4. The number of carbonyl (C=O) groups excluding carboxylic acids is 2. The number of rotatable bonds is 6. The largest absolute Gasteiger partial charge is 0.469 e. The Morgan fingerprint density at radius 3 is 2.73 bits per heavy atom. The van der Waals surface area contributed by atoms with Crippen molar-refractivity contribution in [3.8, 4) is 0 Å². The number of hydrogen-bond donors (Lipinski definition) is 1. The number of aromatic amines is 1. The Morgan fingerprint density at radius 2 is 2.00 bits per heavy atom. The molecule has 8 nitrogen and oxygen atoms in total. The molecule has 0 radical (unpaired) electrons. The molecule has 8 heteroatoms. The zero-order valence-corrected chi connectivity index (χ0v) is 11.4. The minimum atomic E-state index is -0.791. The quantitative estimate of drug-likeness (QED) is 0.528. The van der Waals surface area contributed by atoms with Gasteiger partial charge in [-0.2, -0.15) is 5.21 Å². The fourth-order valence-electron chi connectivity index (χ4n) is 1.97. The molecule has 3 aromatic rings. The van der Waals surface area contributed by atoms with Gasteiger partial charge in [-0.15, -0.1) is 10.2 Å². The molecule has 0 amide bonds. The molecule has 0 spiro atoms. The topological polar surface area (TPSA) is 115 Å². The second-order valence-electron chi connectivity index (χ2n) is 4.62. The lowest BCUT2D eigenvalue weighted by atomic mass is 10.1. The molecule has 0 aliphatic rings. The van der Waals surface area contributed by atoms with Gasteiger partial charge in [-0.25, -0.2) is 0 Å². The molecule has 110 valence electrons. The molecule has 3 aromatic heterocycles. The smallest absolute Gasteiger partial charge is 0.269 e. The molecule has 22 heavy (non-hydrogen) atoms. The Hall–Kier alpha value is -3.16. The van der Waals surface area contributed by atoms with E-state index in [1.54, 1.807) is 24.7 Å². The van der Waals surface area contributed by atoms with E-state index in [1.165, 1.54) is 0 Å². The summed E-state index contributed by atoms with van der Waals surface area (Å²) in [6.45, 7) is 0. The maximum absolute atomic E-state index is 11.8. The van der Waals surface area contributed by atoms with Crippen LogP contribution >= 0.6 is 0 Å². The van der Waals surface area contributed by atoms with Gasteiger partial charge in [0.15, 0.2) is 0 Å². The van der Waals surface area contributed by atoms with E-state index in [4.69, 9.17) is 4.42 Å². The summed E-state index contributed by atoms with van der Waals surface area (Å²) in [6.07, 6.45) is 5.53. The van der Waals surface area contributed by atoms with E-state index in [2.05, 4.69) is 25.6 Å². The number of furan rings is 1. The van der Waals surface area contributed by atoms with Gasteiger partial charge in [-0.05, 0) is 34.5 Å². The summed E-state index contributed by atoms with van der Waals surface area (Å²) >= 11 is 0. The zero-order valence-electron chi connectivity index (χ0n) is 11.4. The zero-order chi connectivity index (χ0) is 15.4. The number of ketones is 2. The molecule has 0 unspecified atom stereocenters. The number of carbonyl (C=O) groups is 2. The second kappa shape index (κ2) is 6.08. The van der Waals surface area contributed by atoms with Crippen LogP contribution in [0.3, 0.4) is 0 Å². The summed E-state index contributed by atoms with van der Waals surface area (Å²) in [5, 5.41) is 12.3. The second-order valence-corrected chi connectivity index (χ2v) is 4.62. The molecule has 0 aliphatic heterocycles. The van der Waals surface area contributed by atoms with Crippen molar-refractivity contribution in [1.29, 1.82) is 0 Å². The number of pyridine rings is 1. The molecule has 0 aliphatic carbocycles. The average molecular weight is 297 g/mol. The van der Waals surface area contributed by atoms with Crippen molar-refractivity contribution < 1.29 is 14.0 Å². The van der Waals surface area contributed by atoms with Gasteiger partial charge < -0.3 is 4.42 Å². The first kappa shape index (κ1) is 13.8. The normalized spacial score (nSPS) is 10.5. The summed E-state index contributed by atoms with van der Waals surface area (Å²) < 4.78 is 5.32. The SMILES string of the molecule is O=C(Cc1cc(Cc2ccncc2)co1)C(=O)c1nn[nH]n1. The van der Waals surface area contributed by atoms with Crippen LogP contribution in [0.1, 0.15) is 27.5 Å². The third-order valence-corrected chi connectivity index (χ3v) is 3.00. The van der Waals surface area contributed by atoms with Crippen LogP contribution < -0.4 is 0 Å². The van der Waals surface area contributed by atoms with Gasteiger partial charge in [0.05, 0.1) is 12.7 Å². The maximum Gasteiger partial charge on any atom is 0.269 e. The Labute approximate surface area is 124 Å². The number of tetrazole rings is 1. The summed E-state index contributed by atoms with van der Waals surface area (Å²) in [4.78, 5) is 27.5. The van der Waals surface area contributed by atoms with Gasteiger partial charge in [-0.1, -0.05) is 0 Å². The lowest BCUT2D eigenvalue weighted by Gasteiger charge is -1.96. The Kier molecular flexibility index (Phi) is 3.82. The Balaban J connectivity index is 1.64. The summed E-state index contributed by atoms with van der Waals surface area (Å²) in [7, 11) is 0. The van der Waals surface area contributed by atoms with Crippen LogP contribution in [-0.2, 0) is 17.6 Å². The molecular weight excluding hydrogens is 286 g/mol. The average Bonchev–Trinajstić information content (AvgIpc) is 3.19. The van der Waals surface area contributed by atoms with E-state index < -0.39 is 11.6 Å². The van der Waals surface area contributed by atoms with E-state index in [1.807, 2.05) is 12.1 Å². The van der Waals surface area contributed by atoms with Crippen molar-refractivity contribution in [2.75, 3.05) is 0 Å². The molecular formula is C14H11N5O3. The summed E-state index contributed by atoms with van der Waals surface area (Å²) in [6, 6.07) is 5.55. The van der Waals surface area contributed by atoms with E-state index in [0.717, 1.165) is 11.1 Å². The first-order valence-corrected chi connectivity index (χ1v) is 6.48. The fourth-order valence-corrected chi connectivity index (χ4v) is 1.97. The van der Waals surface area contributed by atoms with Gasteiger partial charge in [0.25, 0.3) is 5.78 Å². The first-order chi connectivity index (χ1) is 10.7. The van der Waals surface area contributed by atoms with Crippen LogP contribution in [-0.4, -0.2) is 37.2 Å².